The lowest BCUT2D eigenvalue weighted by atomic mass is 10.2. The highest BCUT2D eigenvalue weighted by atomic mass is 32.3. The first-order chi connectivity index (χ1) is 5.95. The van der Waals surface area contributed by atoms with E-state index < -0.39 is 10.5 Å². The van der Waals surface area contributed by atoms with E-state index in [2.05, 4.69) is 10.2 Å². The SMILES string of the molecule is Cc1cc(O)cc([S+]([O])(=O)O[NH3+])c1. The molecule has 0 aliphatic heterocycles. The molecule has 1 rings (SSSR count). The molecule has 13 heavy (non-hydrogen) atoms. The van der Waals surface area contributed by atoms with Crippen LogP contribution in [-0.2, 0) is 23.5 Å². The van der Waals surface area contributed by atoms with Gasteiger partial charge in [-0.15, -0.1) is 0 Å². The zero-order chi connectivity index (χ0) is 10.1. The van der Waals surface area contributed by atoms with Crippen LogP contribution in [-0.4, -0.2) is 5.11 Å². The Hall–Kier alpha value is -0.950. The lowest BCUT2D eigenvalue weighted by Crippen LogP contribution is -2.52. The van der Waals surface area contributed by atoms with Gasteiger partial charge in [0.2, 0.25) is 4.90 Å². The van der Waals surface area contributed by atoms with E-state index in [4.69, 9.17) is 5.11 Å². The summed E-state index contributed by atoms with van der Waals surface area (Å²) < 4.78 is 26.3. The first-order valence-electron chi connectivity index (χ1n) is 3.45. The predicted molar refractivity (Wildman–Crippen MR) is 43.8 cm³/mol. The number of phenolic OH excluding ortho intramolecular Hbond substituents is 1. The first kappa shape index (κ1) is 10.1. The number of benzene rings is 1. The lowest BCUT2D eigenvalue weighted by Gasteiger charge is -1.97. The largest absolute Gasteiger partial charge is 0.508 e. The van der Waals surface area contributed by atoms with Crippen molar-refractivity contribution < 1.29 is 24.0 Å². The number of hydrogen-bond acceptors (Lipinski definition) is 3. The van der Waals surface area contributed by atoms with Crippen LogP contribution in [0.2, 0.25) is 0 Å². The zero-order valence-electron chi connectivity index (χ0n) is 7.02. The van der Waals surface area contributed by atoms with Gasteiger partial charge in [-0.1, -0.05) is 0 Å². The van der Waals surface area contributed by atoms with Crippen molar-refractivity contribution in [3.63, 3.8) is 0 Å². The molecule has 1 aromatic carbocycles. The molecular formula is C7H10NO4S+2. The van der Waals surface area contributed by atoms with Gasteiger partial charge in [-0.2, -0.15) is 5.90 Å². The molecule has 1 radical (unpaired) electrons. The molecule has 1 atom stereocenters. The average Bonchev–Trinajstić information content (AvgIpc) is 2.02. The van der Waals surface area contributed by atoms with Crippen LogP contribution in [0.15, 0.2) is 23.1 Å². The van der Waals surface area contributed by atoms with Crippen LogP contribution in [0.25, 0.3) is 0 Å². The van der Waals surface area contributed by atoms with Gasteiger partial charge in [-0.25, -0.2) is 0 Å². The highest BCUT2D eigenvalue weighted by Crippen LogP contribution is 2.23. The van der Waals surface area contributed by atoms with Crippen LogP contribution >= 0.6 is 0 Å². The lowest BCUT2D eigenvalue weighted by molar-refractivity contribution is -0.637. The Morgan fingerprint density at radius 3 is 2.54 bits per heavy atom. The highest BCUT2D eigenvalue weighted by Gasteiger charge is 2.37. The van der Waals surface area contributed by atoms with Gasteiger partial charge < -0.3 is 5.11 Å². The van der Waals surface area contributed by atoms with E-state index in [1.54, 1.807) is 6.92 Å². The zero-order valence-corrected chi connectivity index (χ0v) is 7.84. The molecule has 0 aliphatic carbocycles. The van der Waals surface area contributed by atoms with Gasteiger partial charge >= 0.3 is 10.5 Å². The smallest absolute Gasteiger partial charge is 0.482 e. The molecule has 0 bridgehead atoms. The van der Waals surface area contributed by atoms with Crippen molar-refractivity contribution in [1.82, 2.24) is 0 Å². The van der Waals surface area contributed by atoms with Crippen molar-refractivity contribution in [2.75, 3.05) is 0 Å². The Kier molecular flexibility index (Phi) is 2.67. The van der Waals surface area contributed by atoms with Gasteiger partial charge in [0.1, 0.15) is 5.75 Å². The summed E-state index contributed by atoms with van der Waals surface area (Å²) in [6.45, 7) is 1.67. The van der Waals surface area contributed by atoms with Crippen molar-refractivity contribution >= 4 is 10.5 Å². The minimum atomic E-state index is -3.81. The van der Waals surface area contributed by atoms with E-state index in [1.807, 2.05) is 0 Å². The number of rotatable bonds is 2. The second kappa shape index (κ2) is 3.43. The van der Waals surface area contributed by atoms with E-state index in [0.717, 1.165) is 6.07 Å². The van der Waals surface area contributed by atoms with E-state index in [-0.39, 0.29) is 10.6 Å². The van der Waals surface area contributed by atoms with E-state index in [1.165, 1.54) is 12.1 Å². The second-order valence-electron chi connectivity index (χ2n) is 2.58. The Morgan fingerprint density at radius 1 is 1.46 bits per heavy atom. The molecule has 1 aromatic rings. The fourth-order valence-electron chi connectivity index (χ4n) is 0.941. The third-order valence-electron chi connectivity index (χ3n) is 1.48. The summed E-state index contributed by atoms with van der Waals surface area (Å²) in [5.74, 6) is 2.71. The van der Waals surface area contributed by atoms with Crippen LogP contribution < -0.4 is 5.90 Å². The molecule has 0 spiro atoms. The molecular weight excluding hydrogens is 194 g/mol. The molecule has 1 unspecified atom stereocenters. The van der Waals surface area contributed by atoms with E-state index >= 15 is 0 Å². The van der Waals surface area contributed by atoms with Crippen molar-refractivity contribution in [1.29, 1.82) is 0 Å². The van der Waals surface area contributed by atoms with Gasteiger partial charge in [0.15, 0.2) is 0 Å². The Bertz CT molecular complexity index is 345. The maximum atomic E-state index is 11.1. The van der Waals surface area contributed by atoms with Gasteiger partial charge in [-0.05, 0) is 22.8 Å². The summed E-state index contributed by atoms with van der Waals surface area (Å²) in [6, 6.07) is 3.94. The summed E-state index contributed by atoms with van der Waals surface area (Å²) in [5.41, 5.74) is 0.635. The standard InChI is InChI=1S/C7H9NO4S/c1-5-2-6(9)4-7(3-5)13(10,11)12-8/h2-4H,1,8H3/q+1/p+1. The van der Waals surface area contributed by atoms with Crippen molar-refractivity contribution in [3.8, 4) is 5.75 Å². The van der Waals surface area contributed by atoms with Gasteiger partial charge in [0, 0.05) is 12.1 Å². The summed E-state index contributed by atoms with van der Waals surface area (Å²) in [4.78, 5) is -0.0972. The minimum Gasteiger partial charge on any atom is -0.508 e. The van der Waals surface area contributed by atoms with Crippen molar-refractivity contribution in [2.45, 2.75) is 11.8 Å². The summed E-state index contributed by atoms with van der Waals surface area (Å²) >= 11 is 0. The number of aromatic hydroxyl groups is 1. The van der Waals surface area contributed by atoms with Gasteiger partial charge in [0.05, 0.1) is 8.84 Å². The summed E-state index contributed by atoms with van der Waals surface area (Å²) in [7, 11) is -3.81. The Balaban J connectivity index is 3.23. The topological polar surface area (TPSA) is 94.1 Å². The monoisotopic (exact) mass is 204 g/mol. The van der Waals surface area contributed by atoms with Crippen molar-refractivity contribution in [2.24, 2.45) is 0 Å². The minimum absolute atomic E-state index is 0.0972. The molecule has 0 saturated carbocycles. The van der Waals surface area contributed by atoms with Gasteiger partial charge in [0.25, 0.3) is 0 Å². The number of quaternary nitrogens is 1. The molecule has 6 heteroatoms. The molecule has 0 fully saturated rings. The van der Waals surface area contributed by atoms with Crippen molar-refractivity contribution in [3.05, 3.63) is 23.8 Å². The Labute approximate surface area is 76.6 Å². The molecule has 0 amide bonds. The number of phenols is 1. The Morgan fingerprint density at radius 2 is 2.08 bits per heavy atom. The summed E-state index contributed by atoms with van der Waals surface area (Å²) in [6.07, 6.45) is 0. The molecule has 71 valence electrons. The molecule has 0 aromatic heterocycles. The number of hydrogen-bond donors (Lipinski definition) is 2. The quantitative estimate of drug-likeness (QED) is 0.524. The fraction of sp³-hybridized carbons (Fsp3) is 0.143. The predicted octanol–water partition coefficient (Wildman–Crippen LogP) is -0.00698. The van der Waals surface area contributed by atoms with E-state index in [9.17, 15) is 8.76 Å². The maximum absolute atomic E-state index is 11.1. The third kappa shape index (κ3) is 2.25. The third-order valence-corrected chi connectivity index (χ3v) is 2.60. The molecule has 0 saturated heterocycles. The number of aryl methyl sites for hydroxylation is 1. The van der Waals surface area contributed by atoms with Gasteiger partial charge in [-0.3, -0.25) is 0 Å². The summed E-state index contributed by atoms with van der Waals surface area (Å²) in [5, 5.41) is 9.11. The maximum Gasteiger partial charge on any atom is 0.482 e. The van der Waals surface area contributed by atoms with Crippen LogP contribution in [0.5, 0.6) is 5.75 Å². The first-order valence-corrected chi connectivity index (χ1v) is 4.86. The molecule has 4 N–H and O–H groups in total. The van der Waals surface area contributed by atoms with Crippen LogP contribution in [0.3, 0.4) is 0 Å². The van der Waals surface area contributed by atoms with E-state index in [0.29, 0.717) is 5.56 Å². The molecule has 5 nitrogen and oxygen atoms in total. The normalized spacial score (nSPS) is 15.3. The van der Waals surface area contributed by atoms with Crippen LogP contribution in [0.1, 0.15) is 5.56 Å². The second-order valence-corrected chi connectivity index (χ2v) is 4.19. The molecule has 0 aliphatic rings. The highest BCUT2D eigenvalue weighted by molar-refractivity contribution is 7.92. The average molecular weight is 204 g/mol. The molecule has 0 heterocycles. The van der Waals surface area contributed by atoms with Crippen LogP contribution in [0.4, 0.5) is 0 Å². The van der Waals surface area contributed by atoms with Crippen LogP contribution in [0, 0.1) is 6.92 Å². The fourth-order valence-corrected chi connectivity index (χ4v) is 1.67.